The van der Waals surface area contributed by atoms with E-state index in [4.69, 9.17) is 15.2 Å². The van der Waals surface area contributed by atoms with Crippen molar-refractivity contribution in [2.24, 2.45) is 5.73 Å². The van der Waals surface area contributed by atoms with Gasteiger partial charge in [-0.2, -0.15) is 0 Å². The number of nitrogens with two attached hydrogens (primary N) is 1. The lowest BCUT2D eigenvalue weighted by atomic mass is 10.1. The summed E-state index contributed by atoms with van der Waals surface area (Å²) in [6.07, 6.45) is -0.443. The predicted octanol–water partition coefficient (Wildman–Crippen LogP) is -1.50. The normalized spacial score (nSPS) is 31.5. The Morgan fingerprint density at radius 3 is 2.88 bits per heavy atom. The Balaban J connectivity index is 1.96. The fraction of sp³-hybridized carbons (Fsp3) is 0.909. The molecule has 0 saturated carbocycles. The molecule has 2 heterocycles. The Bertz CT molecular complexity index is 269. The standard InChI is InChI=1S/C11H21N3O3/c1-13-2-3-14(9(6-12)7-13)11(15)10-8-16-4-5-17-10/h9-10H,2-8,12H2,1H3. The summed E-state index contributed by atoms with van der Waals surface area (Å²) in [4.78, 5) is 16.3. The zero-order chi connectivity index (χ0) is 12.3. The molecular weight excluding hydrogens is 222 g/mol. The molecule has 0 bridgehead atoms. The van der Waals surface area contributed by atoms with Gasteiger partial charge in [0.15, 0.2) is 6.10 Å². The average molecular weight is 243 g/mol. The fourth-order valence-electron chi connectivity index (χ4n) is 2.32. The molecule has 2 aliphatic rings. The number of hydrogen-bond acceptors (Lipinski definition) is 5. The number of nitrogens with zero attached hydrogens (tertiary/aromatic N) is 2. The first-order valence-corrected chi connectivity index (χ1v) is 6.11. The highest BCUT2D eigenvalue weighted by Gasteiger charge is 2.33. The van der Waals surface area contributed by atoms with Gasteiger partial charge in [-0.3, -0.25) is 4.79 Å². The van der Waals surface area contributed by atoms with Gasteiger partial charge in [0.2, 0.25) is 0 Å². The molecule has 17 heavy (non-hydrogen) atoms. The lowest BCUT2D eigenvalue weighted by Crippen LogP contribution is -2.60. The van der Waals surface area contributed by atoms with Crippen LogP contribution in [0.15, 0.2) is 0 Å². The highest BCUT2D eigenvalue weighted by atomic mass is 16.6. The first kappa shape index (κ1) is 12.8. The van der Waals surface area contributed by atoms with Crippen molar-refractivity contribution in [3.63, 3.8) is 0 Å². The minimum absolute atomic E-state index is 0.0215. The lowest BCUT2D eigenvalue weighted by Gasteiger charge is -2.41. The van der Waals surface area contributed by atoms with Crippen molar-refractivity contribution in [1.82, 2.24) is 9.80 Å². The summed E-state index contributed by atoms with van der Waals surface area (Å²) in [5.74, 6) is 0.0215. The summed E-state index contributed by atoms with van der Waals surface area (Å²) in [6, 6.07) is 0.0896. The van der Waals surface area contributed by atoms with Crippen LogP contribution in [-0.4, -0.2) is 80.9 Å². The summed E-state index contributed by atoms with van der Waals surface area (Å²) >= 11 is 0. The van der Waals surface area contributed by atoms with E-state index in [1.165, 1.54) is 0 Å². The first-order chi connectivity index (χ1) is 8.22. The van der Waals surface area contributed by atoms with Gasteiger partial charge in [-0.25, -0.2) is 0 Å². The molecule has 2 atom stereocenters. The van der Waals surface area contributed by atoms with Crippen LogP contribution in [0.4, 0.5) is 0 Å². The smallest absolute Gasteiger partial charge is 0.254 e. The fourth-order valence-corrected chi connectivity index (χ4v) is 2.32. The van der Waals surface area contributed by atoms with Crippen LogP contribution in [0, 0.1) is 0 Å². The highest BCUT2D eigenvalue weighted by Crippen LogP contribution is 2.12. The van der Waals surface area contributed by atoms with E-state index in [1.807, 2.05) is 11.9 Å². The van der Waals surface area contributed by atoms with Crippen molar-refractivity contribution in [3.8, 4) is 0 Å². The topological polar surface area (TPSA) is 68.0 Å². The maximum Gasteiger partial charge on any atom is 0.254 e. The summed E-state index contributed by atoms with van der Waals surface area (Å²) in [5.41, 5.74) is 5.73. The van der Waals surface area contributed by atoms with E-state index >= 15 is 0 Å². The molecule has 1 amide bonds. The molecule has 0 spiro atoms. The quantitative estimate of drug-likeness (QED) is 0.639. The number of carbonyl (C=O) groups is 1. The summed E-state index contributed by atoms with van der Waals surface area (Å²) in [6.45, 7) is 4.36. The Hall–Kier alpha value is -0.690. The SMILES string of the molecule is CN1CCN(C(=O)C2COCCO2)C(CN)C1. The third kappa shape index (κ3) is 2.95. The van der Waals surface area contributed by atoms with Crippen molar-refractivity contribution in [2.75, 3.05) is 53.0 Å². The second kappa shape index (κ2) is 5.77. The molecular formula is C11H21N3O3. The van der Waals surface area contributed by atoms with Gasteiger partial charge in [-0.05, 0) is 7.05 Å². The van der Waals surface area contributed by atoms with Crippen molar-refractivity contribution in [3.05, 3.63) is 0 Å². The van der Waals surface area contributed by atoms with Crippen molar-refractivity contribution in [2.45, 2.75) is 12.1 Å². The van der Waals surface area contributed by atoms with Gasteiger partial charge in [-0.15, -0.1) is 0 Å². The zero-order valence-electron chi connectivity index (χ0n) is 10.3. The van der Waals surface area contributed by atoms with E-state index in [9.17, 15) is 4.79 Å². The van der Waals surface area contributed by atoms with E-state index in [1.54, 1.807) is 0 Å². The van der Waals surface area contributed by atoms with E-state index in [2.05, 4.69) is 4.90 Å². The van der Waals surface area contributed by atoms with Gasteiger partial charge >= 0.3 is 0 Å². The van der Waals surface area contributed by atoms with E-state index in [0.717, 1.165) is 19.6 Å². The number of amides is 1. The third-order valence-electron chi connectivity index (χ3n) is 3.33. The molecule has 0 aliphatic carbocycles. The number of piperazine rings is 1. The molecule has 2 saturated heterocycles. The molecule has 2 unspecified atom stereocenters. The van der Waals surface area contributed by atoms with Crippen LogP contribution in [0.2, 0.25) is 0 Å². The Morgan fingerprint density at radius 2 is 2.24 bits per heavy atom. The number of rotatable bonds is 2. The van der Waals surface area contributed by atoms with E-state index < -0.39 is 6.10 Å². The minimum Gasteiger partial charge on any atom is -0.376 e. The highest BCUT2D eigenvalue weighted by molar-refractivity contribution is 5.81. The van der Waals surface area contributed by atoms with Gasteiger partial charge in [0.25, 0.3) is 5.91 Å². The van der Waals surface area contributed by atoms with E-state index in [0.29, 0.717) is 26.4 Å². The van der Waals surface area contributed by atoms with Crippen molar-refractivity contribution < 1.29 is 14.3 Å². The van der Waals surface area contributed by atoms with Crippen LogP contribution in [0.3, 0.4) is 0 Å². The van der Waals surface area contributed by atoms with Crippen LogP contribution in [0.5, 0.6) is 0 Å². The summed E-state index contributed by atoms with van der Waals surface area (Å²) in [5, 5.41) is 0. The maximum absolute atomic E-state index is 12.3. The third-order valence-corrected chi connectivity index (χ3v) is 3.33. The first-order valence-electron chi connectivity index (χ1n) is 6.11. The number of hydrogen-bond donors (Lipinski definition) is 1. The van der Waals surface area contributed by atoms with Gasteiger partial charge in [0.05, 0.1) is 25.9 Å². The molecule has 2 N–H and O–H groups in total. The number of likely N-dealkylation sites (N-methyl/N-ethyl adjacent to an activating group) is 1. The Kier molecular flexibility index (Phi) is 4.33. The second-order valence-electron chi connectivity index (χ2n) is 4.62. The molecule has 0 aromatic carbocycles. The molecule has 2 fully saturated rings. The molecule has 0 aromatic rings. The van der Waals surface area contributed by atoms with Gasteiger partial charge < -0.3 is 25.0 Å². The molecule has 0 aromatic heterocycles. The molecule has 6 nitrogen and oxygen atoms in total. The van der Waals surface area contributed by atoms with Gasteiger partial charge in [0.1, 0.15) is 0 Å². The predicted molar refractivity (Wildman–Crippen MR) is 62.6 cm³/mol. The largest absolute Gasteiger partial charge is 0.376 e. The van der Waals surface area contributed by atoms with Gasteiger partial charge in [-0.1, -0.05) is 0 Å². The number of ether oxygens (including phenoxy) is 2. The van der Waals surface area contributed by atoms with Crippen LogP contribution >= 0.6 is 0 Å². The molecule has 98 valence electrons. The monoisotopic (exact) mass is 243 g/mol. The molecule has 2 rings (SSSR count). The van der Waals surface area contributed by atoms with Gasteiger partial charge in [0, 0.05) is 26.2 Å². The second-order valence-corrected chi connectivity index (χ2v) is 4.62. The van der Waals surface area contributed by atoms with E-state index in [-0.39, 0.29) is 11.9 Å². The average Bonchev–Trinajstić information content (AvgIpc) is 2.39. The number of carbonyl (C=O) groups excluding carboxylic acids is 1. The molecule has 2 aliphatic heterocycles. The summed E-state index contributed by atoms with van der Waals surface area (Å²) < 4.78 is 10.7. The van der Waals surface area contributed by atoms with Crippen LogP contribution in [-0.2, 0) is 14.3 Å². The zero-order valence-corrected chi connectivity index (χ0v) is 10.3. The lowest BCUT2D eigenvalue weighted by molar-refractivity contribution is -0.162. The van der Waals surface area contributed by atoms with Crippen LogP contribution in [0.1, 0.15) is 0 Å². The minimum atomic E-state index is -0.443. The molecule has 6 heteroatoms. The maximum atomic E-state index is 12.3. The molecule has 0 radical (unpaired) electrons. The van der Waals surface area contributed by atoms with Crippen LogP contribution < -0.4 is 5.73 Å². The Morgan fingerprint density at radius 1 is 1.41 bits per heavy atom. The van der Waals surface area contributed by atoms with Crippen molar-refractivity contribution in [1.29, 1.82) is 0 Å². The van der Waals surface area contributed by atoms with Crippen molar-refractivity contribution >= 4 is 5.91 Å². The summed E-state index contributed by atoms with van der Waals surface area (Å²) in [7, 11) is 2.05. The van der Waals surface area contributed by atoms with Crippen LogP contribution in [0.25, 0.3) is 0 Å². The Labute approximate surface area is 102 Å².